The summed E-state index contributed by atoms with van der Waals surface area (Å²) in [6.07, 6.45) is 8.48. The monoisotopic (exact) mass is 196 g/mol. The van der Waals surface area contributed by atoms with Crippen LogP contribution < -0.4 is 5.32 Å². The minimum absolute atomic E-state index is 0.845. The Morgan fingerprint density at radius 2 is 2.14 bits per heavy atom. The van der Waals surface area contributed by atoms with Gasteiger partial charge in [0.15, 0.2) is 0 Å². The van der Waals surface area contributed by atoms with Gasteiger partial charge in [0, 0.05) is 12.1 Å². The van der Waals surface area contributed by atoms with Gasteiger partial charge in [0.2, 0.25) is 0 Å². The van der Waals surface area contributed by atoms with Crippen LogP contribution in [0.25, 0.3) is 0 Å². The first-order chi connectivity index (χ1) is 6.86. The average molecular weight is 196 g/mol. The van der Waals surface area contributed by atoms with Crippen molar-refractivity contribution in [3.8, 4) is 0 Å². The molecular formula is C12H24N2. The topological polar surface area (TPSA) is 15.3 Å². The summed E-state index contributed by atoms with van der Waals surface area (Å²) in [4.78, 5) is 2.68. The summed E-state index contributed by atoms with van der Waals surface area (Å²) >= 11 is 0. The third kappa shape index (κ3) is 2.71. The lowest BCUT2D eigenvalue weighted by molar-refractivity contribution is 0.154. The molecule has 2 unspecified atom stereocenters. The first-order valence-electron chi connectivity index (χ1n) is 6.33. The van der Waals surface area contributed by atoms with Crippen molar-refractivity contribution in [2.45, 2.75) is 57.5 Å². The molecule has 0 aromatic heterocycles. The third-order valence-electron chi connectivity index (χ3n) is 3.86. The van der Waals surface area contributed by atoms with E-state index in [4.69, 9.17) is 0 Å². The smallest absolute Gasteiger partial charge is 0.00796 e. The van der Waals surface area contributed by atoms with E-state index in [-0.39, 0.29) is 0 Å². The Kier molecular flexibility index (Phi) is 3.82. The summed E-state index contributed by atoms with van der Waals surface area (Å²) < 4.78 is 0. The molecule has 2 heterocycles. The molecule has 2 heteroatoms. The van der Waals surface area contributed by atoms with E-state index < -0.39 is 0 Å². The Morgan fingerprint density at radius 3 is 2.79 bits per heavy atom. The second kappa shape index (κ2) is 5.13. The second-order valence-corrected chi connectivity index (χ2v) is 4.96. The summed E-state index contributed by atoms with van der Waals surface area (Å²) in [5, 5.41) is 3.48. The Morgan fingerprint density at radius 1 is 1.29 bits per heavy atom. The third-order valence-corrected chi connectivity index (χ3v) is 3.86. The van der Waals surface area contributed by atoms with E-state index in [1.54, 1.807) is 0 Å². The van der Waals surface area contributed by atoms with Gasteiger partial charge in [-0.25, -0.2) is 0 Å². The normalized spacial score (nSPS) is 34.1. The van der Waals surface area contributed by atoms with E-state index >= 15 is 0 Å². The summed E-state index contributed by atoms with van der Waals surface area (Å²) in [7, 11) is 0. The van der Waals surface area contributed by atoms with Gasteiger partial charge >= 0.3 is 0 Å². The molecule has 2 atom stereocenters. The van der Waals surface area contributed by atoms with E-state index in [0.29, 0.717) is 0 Å². The van der Waals surface area contributed by atoms with Crippen LogP contribution in [0, 0.1) is 0 Å². The van der Waals surface area contributed by atoms with Gasteiger partial charge < -0.3 is 10.2 Å². The minimum Gasteiger partial charge on any atom is -0.314 e. The molecule has 82 valence electrons. The number of piperidine rings is 1. The molecule has 0 aromatic carbocycles. The van der Waals surface area contributed by atoms with Crippen molar-refractivity contribution in [1.82, 2.24) is 10.2 Å². The lowest BCUT2D eigenvalue weighted by atomic mass is 10.00. The average Bonchev–Trinajstić information content (AvgIpc) is 2.12. The molecule has 2 rings (SSSR count). The maximum Gasteiger partial charge on any atom is 0.00796 e. The first kappa shape index (κ1) is 10.4. The van der Waals surface area contributed by atoms with Crippen LogP contribution in [-0.2, 0) is 0 Å². The summed E-state index contributed by atoms with van der Waals surface area (Å²) in [5.41, 5.74) is 0. The fraction of sp³-hybridized carbons (Fsp3) is 1.00. The van der Waals surface area contributed by atoms with Crippen LogP contribution in [0.15, 0.2) is 0 Å². The second-order valence-electron chi connectivity index (χ2n) is 4.96. The first-order valence-corrected chi connectivity index (χ1v) is 6.33. The molecule has 2 nitrogen and oxygen atoms in total. The van der Waals surface area contributed by atoms with E-state index in [2.05, 4.69) is 17.1 Å². The number of hydrogen-bond donors (Lipinski definition) is 1. The van der Waals surface area contributed by atoms with E-state index in [9.17, 15) is 0 Å². The van der Waals surface area contributed by atoms with Gasteiger partial charge in [-0.15, -0.1) is 0 Å². The molecule has 2 aliphatic rings. The van der Waals surface area contributed by atoms with Gasteiger partial charge in [-0.3, -0.25) is 0 Å². The number of nitrogens with one attached hydrogen (secondary N) is 1. The van der Waals surface area contributed by atoms with E-state index in [0.717, 1.165) is 12.1 Å². The lowest BCUT2D eigenvalue weighted by Gasteiger charge is -2.34. The molecule has 0 aromatic rings. The molecule has 14 heavy (non-hydrogen) atoms. The highest BCUT2D eigenvalue weighted by Gasteiger charge is 2.19. The highest BCUT2D eigenvalue weighted by atomic mass is 15.2. The van der Waals surface area contributed by atoms with Crippen LogP contribution in [0.3, 0.4) is 0 Å². The van der Waals surface area contributed by atoms with Crippen molar-refractivity contribution < 1.29 is 0 Å². The van der Waals surface area contributed by atoms with Crippen LogP contribution >= 0.6 is 0 Å². The van der Waals surface area contributed by atoms with Crippen molar-refractivity contribution in [3.05, 3.63) is 0 Å². The Balaban J connectivity index is 1.58. The van der Waals surface area contributed by atoms with Gasteiger partial charge in [0.1, 0.15) is 0 Å². The fourth-order valence-corrected chi connectivity index (χ4v) is 2.63. The van der Waals surface area contributed by atoms with Gasteiger partial charge in [-0.2, -0.15) is 0 Å². The molecular weight excluding hydrogens is 172 g/mol. The van der Waals surface area contributed by atoms with Gasteiger partial charge in [-0.05, 0) is 58.7 Å². The SMILES string of the molecule is CC1CCCCN1CCCC1CCN1. The largest absolute Gasteiger partial charge is 0.314 e. The van der Waals surface area contributed by atoms with Crippen molar-refractivity contribution in [3.63, 3.8) is 0 Å². The van der Waals surface area contributed by atoms with Gasteiger partial charge in [-0.1, -0.05) is 6.42 Å². The number of hydrogen-bond acceptors (Lipinski definition) is 2. The minimum atomic E-state index is 0.845. The van der Waals surface area contributed by atoms with Crippen LogP contribution in [0.2, 0.25) is 0 Å². The summed E-state index contributed by atoms with van der Waals surface area (Å²) in [5.74, 6) is 0. The molecule has 0 aliphatic carbocycles. The van der Waals surface area contributed by atoms with E-state index in [1.165, 1.54) is 58.2 Å². The van der Waals surface area contributed by atoms with Gasteiger partial charge in [0.25, 0.3) is 0 Å². The van der Waals surface area contributed by atoms with E-state index in [1.807, 2.05) is 0 Å². The van der Waals surface area contributed by atoms with Crippen molar-refractivity contribution >= 4 is 0 Å². The molecule has 0 spiro atoms. The lowest BCUT2D eigenvalue weighted by Crippen LogP contribution is -2.44. The highest BCUT2D eigenvalue weighted by Crippen LogP contribution is 2.17. The standard InChI is InChI=1S/C12H24N2/c1-11-5-2-3-9-14(11)10-4-6-12-7-8-13-12/h11-13H,2-10H2,1H3. The highest BCUT2D eigenvalue weighted by molar-refractivity contribution is 4.78. The van der Waals surface area contributed by atoms with Crippen LogP contribution in [0.4, 0.5) is 0 Å². The maximum absolute atomic E-state index is 3.48. The molecule has 0 amide bonds. The zero-order chi connectivity index (χ0) is 9.80. The Labute approximate surface area is 88.1 Å². The number of likely N-dealkylation sites (tertiary alicyclic amines) is 1. The predicted molar refractivity (Wildman–Crippen MR) is 60.5 cm³/mol. The van der Waals surface area contributed by atoms with Crippen LogP contribution in [0.5, 0.6) is 0 Å². The van der Waals surface area contributed by atoms with Crippen molar-refractivity contribution in [2.24, 2.45) is 0 Å². The van der Waals surface area contributed by atoms with Crippen molar-refractivity contribution in [2.75, 3.05) is 19.6 Å². The number of rotatable bonds is 4. The zero-order valence-corrected chi connectivity index (χ0v) is 9.47. The molecule has 2 saturated heterocycles. The zero-order valence-electron chi connectivity index (χ0n) is 9.47. The molecule has 1 N–H and O–H groups in total. The maximum atomic E-state index is 3.48. The Bertz CT molecular complexity index is 166. The molecule has 0 saturated carbocycles. The van der Waals surface area contributed by atoms with Crippen LogP contribution in [-0.4, -0.2) is 36.6 Å². The summed E-state index contributed by atoms with van der Waals surface area (Å²) in [6, 6.07) is 1.70. The summed E-state index contributed by atoms with van der Waals surface area (Å²) in [6.45, 7) is 6.32. The molecule has 0 radical (unpaired) electrons. The van der Waals surface area contributed by atoms with Crippen LogP contribution in [0.1, 0.15) is 45.4 Å². The predicted octanol–water partition coefficient (Wildman–Crippen LogP) is 2.00. The molecule has 0 bridgehead atoms. The van der Waals surface area contributed by atoms with Gasteiger partial charge in [0.05, 0.1) is 0 Å². The Hall–Kier alpha value is -0.0800. The number of nitrogens with zero attached hydrogens (tertiary/aromatic N) is 1. The molecule has 2 fully saturated rings. The molecule has 2 aliphatic heterocycles. The quantitative estimate of drug-likeness (QED) is 0.740. The van der Waals surface area contributed by atoms with Crippen molar-refractivity contribution in [1.29, 1.82) is 0 Å². The fourth-order valence-electron chi connectivity index (χ4n) is 2.63.